The zero-order valence-corrected chi connectivity index (χ0v) is 23.0. The normalized spacial score (nSPS) is 17.6. The van der Waals surface area contributed by atoms with Gasteiger partial charge in [-0.05, 0) is 59.9 Å². The molecule has 3 aromatic rings. The summed E-state index contributed by atoms with van der Waals surface area (Å²) in [5.41, 5.74) is 4.44. The minimum Gasteiger partial charge on any atom is -0.452 e. The van der Waals surface area contributed by atoms with Crippen LogP contribution < -0.4 is 9.64 Å². The van der Waals surface area contributed by atoms with Gasteiger partial charge in [0, 0.05) is 36.4 Å². The molecule has 1 atom stereocenters. The number of cyclic esters (lactones) is 1. The highest BCUT2D eigenvalue weighted by molar-refractivity contribution is 6.30. The maximum Gasteiger partial charge on any atom is 0.345 e. The van der Waals surface area contributed by atoms with Crippen LogP contribution in [0, 0.1) is 5.92 Å². The number of anilines is 1. The van der Waals surface area contributed by atoms with Gasteiger partial charge in [0.2, 0.25) is 11.7 Å². The van der Waals surface area contributed by atoms with E-state index >= 15 is 0 Å². The van der Waals surface area contributed by atoms with Crippen molar-refractivity contribution in [2.75, 3.05) is 4.90 Å². The molecular weight excluding hydrogens is 498 g/mol. The van der Waals surface area contributed by atoms with Gasteiger partial charge < -0.3 is 14.4 Å². The van der Waals surface area contributed by atoms with Crippen molar-refractivity contribution in [2.45, 2.75) is 71.1 Å². The number of benzene rings is 3. The summed E-state index contributed by atoms with van der Waals surface area (Å²) in [5.74, 6) is -0.671. The van der Waals surface area contributed by atoms with Gasteiger partial charge in [0.15, 0.2) is 0 Å². The van der Waals surface area contributed by atoms with Crippen LogP contribution in [0.1, 0.15) is 85.8 Å². The molecule has 5 rings (SSSR count). The van der Waals surface area contributed by atoms with Crippen LogP contribution >= 0.6 is 11.6 Å². The highest BCUT2D eigenvalue weighted by Crippen LogP contribution is 2.36. The Labute approximate surface area is 229 Å². The highest BCUT2D eigenvalue weighted by atomic mass is 35.5. The first-order valence-corrected chi connectivity index (χ1v) is 13.8. The van der Waals surface area contributed by atoms with Crippen molar-refractivity contribution in [1.82, 2.24) is 0 Å². The van der Waals surface area contributed by atoms with Crippen LogP contribution in [0.4, 0.5) is 5.69 Å². The number of hydrogen-bond acceptors (Lipinski definition) is 4. The average molecular weight is 532 g/mol. The van der Waals surface area contributed by atoms with Gasteiger partial charge in [0.05, 0.1) is 6.54 Å². The summed E-state index contributed by atoms with van der Waals surface area (Å²) < 4.78 is 11.3. The van der Waals surface area contributed by atoms with Crippen molar-refractivity contribution in [2.24, 2.45) is 5.92 Å². The van der Waals surface area contributed by atoms with Crippen molar-refractivity contribution in [3.8, 4) is 5.75 Å². The molecule has 6 heteroatoms. The molecule has 1 heterocycles. The van der Waals surface area contributed by atoms with E-state index in [4.69, 9.17) is 21.1 Å². The quantitative estimate of drug-likeness (QED) is 0.303. The van der Waals surface area contributed by atoms with Crippen LogP contribution in [0.25, 0.3) is 0 Å². The number of carbonyl (C=O) groups excluding carboxylic acids is 2. The van der Waals surface area contributed by atoms with E-state index in [1.807, 2.05) is 23.1 Å². The predicted molar refractivity (Wildman–Crippen MR) is 150 cm³/mol. The lowest BCUT2D eigenvalue weighted by atomic mass is 9.88. The Balaban J connectivity index is 1.42. The first-order chi connectivity index (χ1) is 18.2. The standard InChI is InChI=1S/C32H34ClNO4/c1-21(24-13-15-26(33)16-14-24)23-11-9-22(10-12-23)20-34(30(35)25-7-5-4-6-8-25)27-17-18-29-28(19-27)31(36)38-32(2,3)37-29/h9-19,21,25H,4-8,20H2,1-3H3. The average Bonchev–Trinajstić information content (AvgIpc) is 2.91. The second kappa shape index (κ2) is 10.8. The summed E-state index contributed by atoms with van der Waals surface area (Å²) in [6.45, 7) is 6.01. The maximum atomic E-state index is 13.8. The molecule has 0 N–H and O–H groups in total. The van der Waals surface area contributed by atoms with Crippen molar-refractivity contribution >= 4 is 29.2 Å². The molecule has 2 aliphatic rings. The number of fused-ring (bicyclic) bond motifs is 1. The molecule has 0 bridgehead atoms. The van der Waals surface area contributed by atoms with Gasteiger partial charge >= 0.3 is 5.97 Å². The van der Waals surface area contributed by atoms with Crippen LogP contribution in [0.15, 0.2) is 66.7 Å². The number of amides is 1. The third kappa shape index (κ3) is 5.73. The fourth-order valence-corrected chi connectivity index (χ4v) is 5.53. The van der Waals surface area contributed by atoms with E-state index in [9.17, 15) is 9.59 Å². The third-order valence-corrected chi connectivity index (χ3v) is 7.85. The second-order valence-corrected chi connectivity index (χ2v) is 11.3. The molecule has 0 saturated heterocycles. The van der Waals surface area contributed by atoms with E-state index in [0.29, 0.717) is 23.5 Å². The van der Waals surface area contributed by atoms with E-state index in [1.54, 1.807) is 26.0 Å². The Morgan fingerprint density at radius 2 is 1.58 bits per heavy atom. The summed E-state index contributed by atoms with van der Waals surface area (Å²) in [5, 5.41) is 0.727. The first kappa shape index (κ1) is 26.3. The smallest absolute Gasteiger partial charge is 0.345 e. The van der Waals surface area contributed by atoms with E-state index in [1.165, 1.54) is 17.5 Å². The number of carbonyl (C=O) groups is 2. The molecule has 1 aliphatic heterocycles. The monoisotopic (exact) mass is 531 g/mol. The van der Waals surface area contributed by atoms with E-state index < -0.39 is 11.8 Å². The Hall–Kier alpha value is -3.31. The topological polar surface area (TPSA) is 55.8 Å². The largest absolute Gasteiger partial charge is 0.452 e. The fourth-order valence-electron chi connectivity index (χ4n) is 5.40. The van der Waals surface area contributed by atoms with E-state index in [-0.39, 0.29) is 17.7 Å². The fraction of sp³-hybridized carbons (Fsp3) is 0.375. The molecule has 1 saturated carbocycles. The minimum atomic E-state index is -1.02. The lowest BCUT2D eigenvalue weighted by Gasteiger charge is -2.33. The number of rotatable bonds is 6. The number of hydrogen-bond donors (Lipinski definition) is 0. The van der Waals surface area contributed by atoms with Gasteiger partial charge in [0.25, 0.3) is 0 Å². The first-order valence-electron chi connectivity index (χ1n) is 13.4. The van der Waals surface area contributed by atoms with Crippen molar-refractivity contribution in [3.05, 3.63) is 94.0 Å². The van der Waals surface area contributed by atoms with Crippen LogP contribution in [-0.4, -0.2) is 17.7 Å². The lowest BCUT2D eigenvalue weighted by Crippen LogP contribution is -2.39. The summed E-state index contributed by atoms with van der Waals surface area (Å²) >= 11 is 6.06. The van der Waals surface area contributed by atoms with Gasteiger partial charge in [0.1, 0.15) is 11.3 Å². The van der Waals surface area contributed by atoms with Crippen molar-refractivity contribution < 1.29 is 19.1 Å². The summed E-state index contributed by atoms with van der Waals surface area (Å²) in [6.07, 6.45) is 5.12. The van der Waals surface area contributed by atoms with E-state index in [0.717, 1.165) is 36.3 Å². The molecule has 0 radical (unpaired) electrons. The Morgan fingerprint density at radius 1 is 0.947 bits per heavy atom. The predicted octanol–water partition coefficient (Wildman–Crippen LogP) is 7.89. The molecule has 38 heavy (non-hydrogen) atoms. The molecular formula is C32H34ClNO4. The molecule has 1 aliphatic carbocycles. The van der Waals surface area contributed by atoms with Crippen LogP contribution in [0.2, 0.25) is 5.02 Å². The summed E-state index contributed by atoms with van der Waals surface area (Å²) in [7, 11) is 0. The molecule has 0 aromatic heterocycles. The van der Waals surface area contributed by atoms with Crippen LogP contribution in [0.3, 0.4) is 0 Å². The molecule has 5 nitrogen and oxygen atoms in total. The maximum absolute atomic E-state index is 13.8. The molecule has 1 unspecified atom stereocenters. The van der Waals surface area contributed by atoms with Crippen LogP contribution in [0.5, 0.6) is 5.75 Å². The number of nitrogens with zero attached hydrogens (tertiary/aromatic N) is 1. The molecule has 198 valence electrons. The molecule has 1 fully saturated rings. The molecule has 3 aromatic carbocycles. The zero-order valence-electron chi connectivity index (χ0n) is 22.2. The summed E-state index contributed by atoms with van der Waals surface area (Å²) in [4.78, 5) is 28.4. The highest BCUT2D eigenvalue weighted by Gasteiger charge is 2.35. The van der Waals surface area contributed by atoms with Crippen LogP contribution in [-0.2, 0) is 16.1 Å². The van der Waals surface area contributed by atoms with Gasteiger partial charge in [-0.1, -0.05) is 74.2 Å². The number of halogens is 1. The molecule has 0 spiro atoms. The number of esters is 1. The second-order valence-electron chi connectivity index (χ2n) is 10.8. The zero-order chi connectivity index (χ0) is 26.9. The summed E-state index contributed by atoms with van der Waals surface area (Å²) in [6, 6.07) is 21.7. The Bertz CT molecular complexity index is 1310. The number of ether oxygens (including phenoxy) is 2. The van der Waals surface area contributed by atoms with Gasteiger partial charge in [-0.15, -0.1) is 0 Å². The third-order valence-electron chi connectivity index (χ3n) is 7.60. The van der Waals surface area contributed by atoms with Gasteiger partial charge in [-0.2, -0.15) is 0 Å². The minimum absolute atomic E-state index is 0.00822. The SMILES string of the molecule is CC(c1ccc(Cl)cc1)c1ccc(CN(C(=O)C2CCCCC2)c2ccc3c(c2)C(=O)OC(C)(C)O3)cc1. The molecule has 1 amide bonds. The Kier molecular flexibility index (Phi) is 7.49. The van der Waals surface area contributed by atoms with Crippen molar-refractivity contribution in [1.29, 1.82) is 0 Å². The lowest BCUT2D eigenvalue weighted by molar-refractivity contribution is -0.127. The van der Waals surface area contributed by atoms with Crippen molar-refractivity contribution in [3.63, 3.8) is 0 Å². The van der Waals surface area contributed by atoms with Gasteiger partial charge in [-0.25, -0.2) is 4.79 Å². The Morgan fingerprint density at radius 3 is 2.24 bits per heavy atom. The van der Waals surface area contributed by atoms with Gasteiger partial charge in [-0.3, -0.25) is 4.79 Å². The van der Waals surface area contributed by atoms with E-state index in [2.05, 4.69) is 43.3 Å².